The Morgan fingerprint density at radius 3 is 2.82 bits per heavy atom. The zero-order valence-corrected chi connectivity index (χ0v) is 9.09. The second-order valence-electron chi connectivity index (χ2n) is 3.80. The molecule has 1 aliphatic heterocycles. The van der Waals surface area contributed by atoms with Crippen LogP contribution in [0.4, 0.5) is 5.82 Å². The van der Waals surface area contributed by atoms with Crippen LogP contribution in [0.3, 0.4) is 0 Å². The molecule has 88 valence electrons. The fraction of sp³-hybridized carbons (Fsp3) is 0.455. The number of ether oxygens (including phenoxy) is 1. The number of nitrogens with zero attached hydrogens (tertiary/aromatic N) is 2. The Morgan fingerprint density at radius 2 is 2.35 bits per heavy atom. The molecule has 1 aromatic heterocycles. The van der Waals surface area contributed by atoms with E-state index in [0.29, 0.717) is 0 Å². The molecule has 1 saturated heterocycles. The molecular formula is C11H15LiN2O3. The molecule has 2 heterocycles. The molecule has 0 radical (unpaired) electrons. The van der Waals surface area contributed by atoms with Crippen molar-refractivity contribution in [3.05, 3.63) is 23.9 Å². The van der Waals surface area contributed by atoms with Gasteiger partial charge in [-0.15, -0.1) is 0 Å². The number of pyridine rings is 1. The van der Waals surface area contributed by atoms with Crippen LogP contribution in [0.25, 0.3) is 0 Å². The number of carbonyl (C=O) groups is 1. The molecule has 0 aromatic carbocycles. The van der Waals surface area contributed by atoms with Crippen LogP contribution in [-0.4, -0.2) is 61.2 Å². The predicted octanol–water partition coefficient (Wildman–Crippen LogP) is 0.356. The van der Waals surface area contributed by atoms with Gasteiger partial charge in [0.25, 0.3) is 0 Å². The van der Waals surface area contributed by atoms with Crippen LogP contribution in [0.5, 0.6) is 0 Å². The molecule has 1 N–H and O–H groups in total. The standard InChI is InChI=1S/C11H14N2O3.Li.H/c1-16-9-4-5-13(7-9)10-3-2-8(6-12-10)11(14)15;;/h2-3,6,9H,4-5,7H2,1H3,(H,14,15);;/t9-;;/m0../s1. The third-order valence-corrected chi connectivity index (χ3v) is 2.80. The second-order valence-corrected chi connectivity index (χ2v) is 3.80. The maximum atomic E-state index is 10.7. The minimum absolute atomic E-state index is 0. The van der Waals surface area contributed by atoms with Crippen LogP contribution in [0, 0.1) is 0 Å². The van der Waals surface area contributed by atoms with Crippen LogP contribution in [0.2, 0.25) is 0 Å². The van der Waals surface area contributed by atoms with Crippen molar-refractivity contribution >= 4 is 30.6 Å². The van der Waals surface area contributed by atoms with E-state index in [1.807, 2.05) is 0 Å². The minimum atomic E-state index is -0.949. The first kappa shape index (κ1) is 14.0. The summed E-state index contributed by atoms with van der Waals surface area (Å²) in [6.45, 7) is 1.72. The zero-order chi connectivity index (χ0) is 11.5. The number of methoxy groups -OCH3 is 1. The van der Waals surface area contributed by atoms with Crippen molar-refractivity contribution < 1.29 is 14.6 Å². The average molecular weight is 230 g/mol. The number of rotatable bonds is 3. The van der Waals surface area contributed by atoms with Gasteiger partial charge >= 0.3 is 24.8 Å². The quantitative estimate of drug-likeness (QED) is 0.759. The first-order valence-corrected chi connectivity index (χ1v) is 5.18. The molecule has 17 heavy (non-hydrogen) atoms. The van der Waals surface area contributed by atoms with Crippen molar-refractivity contribution in [2.45, 2.75) is 12.5 Å². The van der Waals surface area contributed by atoms with Crippen LogP contribution < -0.4 is 4.90 Å². The molecule has 1 fully saturated rings. The normalized spacial score (nSPS) is 18.9. The third-order valence-electron chi connectivity index (χ3n) is 2.80. The van der Waals surface area contributed by atoms with Gasteiger partial charge in [-0.1, -0.05) is 0 Å². The van der Waals surface area contributed by atoms with Crippen molar-refractivity contribution in [2.24, 2.45) is 0 Å². The number of carboxylic acids is 1. The number of aromatic nitrogens is 1. The molecule has 1 atom stereocenters. The summed E-state index contributed by atoms with van der Waals surface area (Å²) in [5.41, 5.74) is 0.214. The van der Waals surface area contributed by atoms with E-state index in [9.17, 15) is 4.79 Å². The molecule has 0 aliphatic carbocycles. The topological polar surface area (TPSA) is 62.7 Å². The van der Waals surface area contributed by atoms with E-state index in [2.05, 4.69) is 9.88 Å². The molecule has 6 heteroatoms. The molecular weight excluding hydrogens is 215 g/mol. The molecule has 2 rings (SSSR count). The van der Waals surface area contributed by atoms with Gasteiger partial charge in [-0.2, -0.15) is 0 Å². The maximum absolute atomic E-state index is 10.7. The number of hydrogen-bond acceptors (Lipinski definition) is 4. The Morgan fingerprint density at radius 1 is 1.59 bits per heavy atom. The van der Waals surface area contributed by atoms with Crippen molar-refractivity contribution in [1.29, 1.82) is 0 Å². The first-order valence-electron chi connectivity index (χ1n) is 5.18. The fourth-order valence-corrected chi connectivity index (χ4v) is 1.83. The predicted molar refractivity (Wildman–Crippen MR) is 66.0 cm³/mol. The molecule has 0 spiro atoms. The van der Waals surface area contributed by atoms with E-state index in [4.69, 9.17) is 9.84 Å². The van der Waals surface area contributed by atoms with Gasteiger partial charge < -0.3 is 14.7 Å². The molecule has 0 amide bonds. The number of anilines is 1. The van der Waals surface area contributed by atoms with Gasteiger partial charge in [-0.25, -0.2) is 9.78 Å². The van der Waals surface area contributed by atoms with E-state index in [-0.39, 0.29) is 30.5 Å². The van der Waals surface area contributed by atoms with Gasteiger partial charge in [0.05, 0.1) is 11.7 Å². The number of carboxylic acid groups (broad SMARTS) is 1. The van der Waals surface area contributed by atoms with E-state index >= 15 is 0 Å². The molecule has 1 aromatic rings. The van der Waals surface area contributed by atoms with Gasteiger partial charge in [0.2, 0.25) is 0 Å². The summed E-state index contributed by atoms with van der Waals surface area (Å²) in [6, 6.07) is 3.31. The van der Waals surface area contributed by atoms with Crippen molar-refractivity contribution in [1.82, 2.24) is 4.98 Å². The molecule has 1 aliphatic rings. The summed E-state index contributed by atoms with van der Waals surface area (Å²) in [6.07, 6.45) is 2.62. The SMILES string of the molecule is CO[C@H]1CCN(c2ccc(C(=O)O)cn2)C1.[LiH]. The van der Waals surface area contributed by atoms with Gasteiger partial charge in [0, 0.05) is 26.4 Å². The van der Waals surface area contributed by atoms with Gasteiger partial charge in [-0.05, 0) is 18.6 Å². The average Bonchev–Trinajstić information content (AvgIpc) is 2.77. The van der Waals surface area contributed by atoms with Crippen LogP contribution in [0.15, 0.2) is 18.3 Å². The summed E-state index contributed by atoms with van der Waals surface area (Å²) in [5.74, 6) is -0.139. The van der Waals surface area contributed by atoms with Gasteiger partial charge in [0.1, 0.15) is 5.82 Å². The molecule has 5 nitrogen and oxygen atoms in total. The third kappa shape index (κ3) is 3.22. The zero-order valence-electron chi connectivity index (χ0n) is 9.09. The van der Waals surface area contributed by atoms with Gasteiger partial charge in [0.15, 0.2) is 0 Å². The Balaban J connectivity index is 0.00000144. The summed E-state index contributed by atoms with van der Waals surface area (Å²) < 4.78 is 5.26. The van der Waals surface area contributed by atoms with Crippen molar-refractivity contribution in [2.75, 3.05) is 25.1 Å². The Hall–Kier alpha value is -1.02. The monoisotopic (exact) mass is 230 g/mol. The van der Waals surface area contributed by atoms with Crippen molar-refractivity contribution in [3.8, 4) is 0 Å². The summed E-state index contributed by atoms with van der Waals surface area (Å²) >= 11 is 0. The summed E-state index contributed by atoms with van der Waals surface area (Å²) in [5, 5.41) is 8.75. The van der Waals surface area contributed by atoms with E-state index < -0.39 is 5.97 Å². The molecule has 0 unspecified atom stereocenters. The van der Waals surface area contributed by atoms with E-state index in [1.54, 1.807) is 19.2 Å². The fourth-order valence-electron chi connectivity index (χ4n) is 1.83. The van der Waals surface area contributed by atoms with Crippen LogP contribution in [-0.2, 0) is 4.74 Å². The van der Waals surface area contributed by atoms with E-state index in [1.165, 1.54) is 6.20 Å². The summed E-state index contributed by atoms with van der Waals surface area (Å²) in [7, 11) is 1.70. The Bertz CT molecular complexity index is 383. The number of aromatic carboxylic acids is 1. The summed E-state index contributed by atoms with van der Waals surface area (Å²) in [4.78, 5) is 16.9. The van der Waals surface area contributed by atoms with Crippen molar-refractivity contribution in [3.63, 3.8) is 0 Å². The molecule has 0 bridgehead atoms. The Labute approximate surface area is 112 Å². The molecule has 0 saturated carbocycles. The van der Waals surface area contributed by atoms with Crippen LogP contribution in [0.1, 0.15) is 16.8 Å². The van der Waals surface area contributed by atoms with Gasteiger partial charge in [-0.3, -0.25) is 0 Å². The number of hydrogen-bond donors (Lipinski definition) is 1. The van der Waals surface area contributed by atoms with E-state index in [0.717, 1.165) is 25.3 Å². The second kappa shape index (κ2) is 6.06. The first-order chi connectivity index (χ1) is 7.70. The Kier molecular flexibility index (Phi) is 5.00. The van der Waals surface area contributed by atoms with Crippen LogP contribution >= 0.6 is 0 Å².